The molecule has 0 aliphatic heterocycles. The Hall–Kier alpha value is -3.95. The molecule has 0 amide bonds. The summed E-state index contributed by atoms with van der Waals surface area (Å²) in [7, 11) is 1.92. The fourth-order valence-electron chi connectivity index (χ4n) is 3.09. The molecule has 0 unspecified atom stereocenters. The second kappa shape index (κ2) is 9.03. The third-order valence-electron chi connectivity index (χ3n) is 4.52. The standard InChI is InChI=1S/C24H21N5O/c1-3-19-11-20-15-27-24(28-21-8-4-6-17(10-21)13-25-2)29-22(20)12-23(19)30-16-18-7-5-9-26-14-18/h1,4-12,14-15,25H,13,16H2,2H3,(H,27,28,29). The van der Waals surface area contributed by atoms with Crippen LogP contribution in [0.25, 0.3) is 10.9 Å². The van der Waals surface area contributed by atoms with Gasteiger partial charge in [-0.05, 0) is 36.9 Å². The van der Waals surface area contributed by atoms with E-state index >= 15 is 0 Å². The van der Waals surface area contributed by atoms with Crippen LogP contribution in [0.3, 0.4) is 0 Å². The number of nitrogens with one attached hydrogen (secondary N) is 2. The molecule has 4 aromatic rings. The van der Waals surface area contributed by atoms with E-state index in [1.807, 2.05) is 43.4 Å². The Balaban J connectivity index is 1.60. The Bertz CT molecular complexity index is 1200. The van der Waals surface area contributed by atoms with Gasteiger partial charge in [-0.15, -0.1) is 6.42 Å². The molecule has 0 saturated heterocycles. The van der Waals surface area contributed by atoms with Gasteiger partial charge in [0.25, 0.3) is 0 Å². The minimum Gasteiger partial charge on any atom is -0.487 e. The maximum atomic E-state index is 5.95. The highest BCUT2D eigenvalue weighted by molar-refractivity contribution is 5.83. The average Bonchev–Trinajstić information content (AvgIpc) is 2.78. The molecule has 2 heterocycles. The minimum absolute atomic E-state index is 0.377. The third kappa shape index (κ3) is 4.54. The van der Waals surface area contributed by atoms with E-state index in [4.69, 9.17) is 11.2 Å². The summed E-state index contributed by atoms with van der Waals surface area (Å²) in [6.45, 7) is 1.17. The van der Waals surface area contributed by atoms with Crippen LogP contribution in [0.2, 0.25) is 0 Å². The molecule has 30 heavy (non-hydrogen) atoms. The Morgan fingerprint density at radius 1 is 1.07 bits per heavy atom. The Morgan fingerprint density at radius 3 is 2.77 bits per heavy atom. The zero-order valence-corrected chi connectivity index (χ0v) is 16.6. The summed E-state index contributed by atoms with van der Waals surface area (Å²) >= 11 is 0. The van der Waals surface area contributed by atoms with E-state index in [1.165, 1.54) is 5.56 Å². The maximum Gasteiger partial charge on any atom is 0.227 e. The van der Waals surface area contributed by atoms with Crippen LogP contribution in [0.15, 0.2) is 67.1 Å². The van der Waals surface area contributed by atoms with Crippen molar-refractivity contribution in [3.05, 3.63) is 83.8 Å². The van der Waals surface area contributed by atoms with Gasteiger partial charge < -0.3 is 15.4 Å². The van der Waals surface area contributed by atoms with E-state index in [0.717, 1.165) is 28.7 Å². The number of pyridine rings is 1. The molecule has 0 fully saturated rings. The number of anilines is 2. The van der Waals surface area contributed by atoms with Crippen molar-refractivity contribution in [2.75, 3.05) is 12.4 Å². The van der Waals surface area contributed by atoms with E-state index in [0.29, 0.717) is 23.9 Å². The number of aromatic nitrogens is 3. The summed E-state index contributed by atoms with van der Waals surface area (Å²) in [6.07, 6.45) is 10.9. The largest absolute Gasteiger partial charge is 0.487 e. The summed E-state index contributed by atoms with van der Waals surface area (Å²) < 4.78 is 5.95. The normalized spacial score (nSPS) is 10.5. The molecule has 0 aliphatic rings. The van der Waals surface area contributed by atoms with Gasteiger partial charge in [0.2, 0.25) is 5.95 Å². The first-order valence-corrected chi connectivity index (χ1v) is 9.55. The first-order valence-electron chi connectivity index (χ1n) is 9.55. The predicted molar refractivity (Wildman–Crippen MR) is 119 cm³/mol. The second-order valence-corrected chi connectivity index (χ2v) is 6.75. The molecule has 4 rings (SSSR count). The van der Waals surface area contributed by atoms with Gasteiger partial charge in [0.1, 0.15) is 12.4 Å². The quantitative estimate of drug-likeness (QED) is 0.460. The first-order chi connectivity index (χ1) is 14.7. The maximum absolute atomic E-state index is 5.95. The van der Waals surface area contributed by atoms with E-state index in [-0.39, 0.29) is 0 Å². The summed E-state index contributed by atoms with van der Waals surface area (Å²) in [5.74, 6) is 3.79. The molecule has 0 aliphatic carbocycles. The number of fused-ring (bicyclic) bond motifs is 1. The average molecular weight is 395 g/mol. The highest BCUT2D eigenvalue weighted by Gasteiger charge is 2.09. The molecule has 0 atom stereocenters. The SMILES string of the molecule is C#Cc1cc2cnc(Nc3cccc(CNC)c3)nc2cc1OCc1cccnc1. The van der Waals surface area contributed by atoms with Crippen LogP contribution in [0.1, 0.15) is 16.7 Å². The minimum atomic E-state index is 0.377. The van der Waals surface area contributed by atoms with Gasteiger partial charge in [-0.2, -0.15) is 0 Å². The lowest BCUT2D eigenvalue weighted by atomic mass is 10.1. The summed E-state index contributed by atoms with van der Waals surface area (Å²) in [5.41, 5.74) is 4.48. The molecular formula is C24H21N5O. The third-order valence-corrected chi connectivity index (χ3v) is 4.52. The predicted octanol–water partition coefficient (Wildman–Crippen LogP) is 4.05. The van der Waals surface area contributed by atoms with Gasteiger partial charge in [0, 0.05) is 47.8 Å². The zero-order valence-electron chi connectivity index (χ0n) is 16.6. The van der Waals surface area contributed by atoms with Gasteiger partial charge >= 0.3 is 0 Å². The Labute approximate surface area is 175 Å². The van der Waals surface area contributed by atoms with Crippen LogP contribution in [0.4, 0.5) is 11.6 Å². The first kappa shape index (κ1) is 19.4. The van der Waals surface area contributed by atoms with Crippen LogP contribution in [0.5, 0.6) is 5.75 Å². The molecule has 6 heteroatoms. The number of benzene rings is 2. The number of rotatable bonds is 7. The number of hydrogen-bond acceptors (Lipinski definition) is 6. The lowest BCUT2D eigenvalue weighted by Gasteiger charge is -2.11. The summed E-state index contributed by atoms with van der Waals surface area (Å²) in [4.78, 5) is 13.2. The van der Waals surface area contributed by atoms with Gasteiger partial charge in [0.05, 0.1) is 11.1 Å². The fourth-order valence-corrected chi connectivity index (χ4v) is 3.09. The second-order valence-electron chi connectivity index (χ2n) is 6.75. The number of hydrogen-bond donors (Lipinski definition) is 2. The number of terminal acetylenes is 1. The topological polar surface area (TPSA) is 72.0 Å². The molecule has 148 valence electrons. The zero-order chi connectivity index (χ0) is 20.8. The Kier molecular flexibility index (Phi) is 5.83. The molecule has 6 nitrogen and oxygen atoms in total. The van der Waals surface area contributed by atoms with Crippen molar-refractivity contribution < 1.29 is 4.74 Å². The number of nitrogens with zero attached hydrogens (tertiary/aromatic N) is 3. The molecule has 0 bridgehead atoms. The monoisotopic (exact) mass is 395 g/mol. The molecule has 2 N–H and O–H groups in total. The van der Waals surface area contributed by atoms with Crippen molar-refractivity contribution in [3.8, 4) is 18.1 Å². The van der Waals surface area contributed by atoms with Gasteiger partial charge in [0.15, 0.2) is 0 Å². The summed E-state index contributed by atoms with van der Waals surface area (Å²) in [5, 5.41) is 7.26. The van der Waals surface area contributed by atoms with Crippen LogP contribution in [-0.4, -0.2) is 22.0 Å². The van der Waals surface area contributed by atoms with Gasteiger partial charge in [-0.1, -0.05) is 24.1 Å². The van der Waals surface area contributed by atoms with Crippen LogP contribution in [0, 0.1) is 12.3 Å². The van der Waals surface area contributed by atoms with E-state index < -0.39 is 0 Å². The van der Waals surface area contributed by atoms with Crippen molar-refractivity contribution in [2.24, 2.45) is 0 Å². The lowest BCUT2D eigenvalue weighted by Crippen LogP contribution is -2.05. The Morgan fingerprint density at radius 2 is 1.97 bits per heavy atom. The molecule has 2 aromatic carbocycles. The summed E-state index contributed by atoms with van der Waals surface area (Å²) in [6, 6.07) is 15.7. The van der Waals surface area contributed by atoms with Gasteiger partial charge in [-0.25, -0.2) is 9.97 Å². The van der Waals surface area contributed by atoms with Crippen LogP contribution >= 0.6 is 0 Å². The lowest BCUT2D eigenvalue weighted by molar-refractivity contribution is 0.305. The fraction of sp³-hybridized carbons (Fsp3) is 0.125. The highest BCUT2D eigenvalue weighted by Crippen LogP contribution is 2.26. The van der Waals surface area contributed by atoms with Gasteiger partial charge in [-0.3, -0.25) is 4.98 Å². The van der Waals surface area contributed by atoms with Crippen molar-refractivity contribution in [1.29, 1.82) is 0 Å². The van der Waals surface area contributed by atoms with Crippen molar-refractivity contribution in [2.45, 2.75) is 13.2 Å². The van der Waals surface area contributed by atoms with E-state index in [9.17, 15) is 0 Å². The van der Waals surface area contributed by atoms with Crippen LogP contribution in [-0.2, 0) is 13.2 Å². The molecule has 0 radical (unpaired) electrons. The van der Waals surface area contributed by atoms with Crippen LogP contribution < -0.4 is 15.4 Å². The molecule has 0 saturated carbocycles. The highest BCUT2D eigenvalue weighted by atomic mass is 16.5. The molecule has 0 spiro atoms. The van der Waals surface area contributed by atoms with Crippen molar-refractivity contribution >= 4 is 22.5 Å². The molecular weight excluding hydrogens is 374 g/mol. The van der Waals surface area contributed by atoms with Crippen molar-refractivity contribution in [1.82, 2.24) is 20.3 Å². The molecule has 2 aromatic heterocycles. The van der Waals surface area contributed by atoms with E-state index in [1.54, 1.807) is 18.6 Å². The van der Waals surface area contributed by atoms with E-state index in [2.05, 4.69) is 43.6 Å². The van der Waals surface area contributed by atoms with Crippen molar-refractivity contribution in [3.63, 3.8) is 0 Å². The number of ether oxygens (including phenoxy) is 1. The smallest absolute Gasteiger partial charge is 0.227 e.